The molecular weight excluding hydrogens is 396 g/mol. The number of carbonyl (C=O) groups excluding carboxylic acids is 1. The van der Waals surface area contributed by atoms with Crippen LogP contribution in [0, 0.1) is 17.3 Å². The van der Waals surface area contributed by atoms with Crippen LogP contribution in [0.3, 0.4) is 0 Å². The summed E-state index contributed by atoms with van der Waals surface area (Å²) in [5.41, 5.74) is 3.95. The van der Waals surface area contributed by atoms with Crippen molar-refractivity contribution in [3.05, 3.63) is 63.7 Å². The van der Waals surface area contributed by atoms with Gasteiger partial charge in [0.25, 0.3) is 0 Å². The number of aliphatic hydroxyl groups is 1. The molecule has 3 aliphatic rings. The average Bonchev–Trinajstić information content (AvgIpc) is 3.03. The molecule has 158 valence electrons. The van der Waals surface area contributed by atoms with Gasteiger partial charge in [-0.05, 0) is 103 Å². The number of hydrogen-bond donors (Lipinski definition) is 2. The summed E-state index contributed by atoms with van der Waals surface area (Å²) in [5.74, 6) is 1.86. The van der Waals surface area contributed by atoms with Crippen LogP contribution in [0.2, 0.25) is 5.02 Å². The van der Waals surface area contributed by atoms with Crippen LogP contribution in [0.5, 0.6) is 5.75 Å². The highest BCUT2D eigenvalue weighted by atomic mass is 35.5. The summed E-state index contributed by atoms with van der Waals surface area (Å²) in [7, 11) is 0. The number of Topliss-reactive ketones (excluding diaryl/α,β-unsaturated/α-hetero) is 1. The first kappa shape index (κ1) is 20.1. The molecule has 3 aliphatic carbocycles. The van der Waals surface area contributed by atoms with Crippen molar-refractivity contribution in [3.8, 4) is 5.75 Å². The fourth-order valence-corrected chi connectivity index (χ4v) is 6.81. The van der Waals surface area contributed by atoms with Crippen molar-refractivity contribution in [2.75, 3.05) is 0 Å². The minimum absolute atomic E-state index is 0.00980. The number of benzene rings is 2. The van der Waals surface area contributed by atoms with E-state index in [1.54, 1.807) is 24.3 Å². The Labute approximate surface area is 183 Å². The number of phenols is 1. The first-order chi connectivity index (χ1) is 14.4. The van der Waals surface area contributed by atoms with E-state index in [-0.39, 0.29) is 29.5 Å². The standard InChI is InChI=1S/C26H29ClO3/c1-26-11-10-19-20(22(26)8-9-25(26)30)7-4-16-13-24(29)17(12-21(16)19)14-23(28)15-2-5-18(27)6-3-15/h2-3,5-6,12-13,19-20,22,25,29-30H,4,7-11,14H2,1H3/t19-,20+,22-,25-,26-/m0/s1. The van der Waals surface area contributed by atoms with Gasteiger partial charge < -0.3 is 10.2 Å². The zero-order valence-electron chi connectivity index (χ0n) is 17.4. The molecular formula is C26H29ClO3. The van der Waals surface area contributed by atoms with Crippen LogP contribution >= 0.6 is 11.6 Å². The van der Waals surface area contributed by atoms with Gasteiger partial charge >= 0.3 is 0 Å². The molecule has 3 nitrogen and oxygen atoms in total. The quantitative estimate of drug-likeness (QED) is 0.622. The number of aromatic hydroxyl groups is 1. The van der Waals surface area contributed by atoms with Crippen molar-refractivity contribution in [1.82, 2.24) is 0 Å². The minimum atomic E-state index is -0.169. The van der Waals surface area contributed by atoms with Crippen molar-refractivity contribution >= 4 is 17.4 Å². The van der Waals surface area contributed by atoms with Crippen LogP contribution < -0.4 is 0 Å². The molecule has 0 heterocycles. The van der Waals surface area contributed by atoms with Gasteiger partial charge in [-0.1, -0.05) is 24.6 Å². The molecule has 2 aromatic rings. The number of fused-ring (bicyclic) bond motifs is 5. The molecule has 0 radical (unpaired) electrons. The number of aliphatic hydroxyl groups excluding tert-OH is 1. The van der Waals surface area contributed by atoms with Gasteiger partial charge in [0.05, 0.1) is 6.10 Å². The Morgan fingerprint density at radius 2 is 1.90 bits per heavy atom. The van der Waals surface area contributed by atoms with E-state index in [0.717, 1.165) is 38.5 Å². The molecule has 2 saturated carbocycles. The summed E-state index contributed by atoms with van der Waals surface area (Å²) in [4.78, 5) is 12.8. The fraction of sp³-hybridized carbons (Fsp3) is 0.500. The number of hydrogen-bond acceptors (Lipinski definition) is 3. The first-order valence-electron chi connectivity index (χ1n) is 11.2. The SMILES string of the molecule is C[C@]12CC[C@@H]3c4cc(CC(=O)c5ccc(Cl)cc5)c(O)cc4CC[C@H]3[C@@H]1CC[C@@H]2O. The lowest BCUT2D eigenvalue weighted by Crippen LogP contribution is -2.43. The molecule has 0 saturated heterocycles. The Hall–Kier alpha value is -1.84. The second-order valence-corrected chi connectivity index (χ2v) is 10.3. The summed E-state index contributed by atoms with van der Waals surface area (Å²) in [6.07, 6.45) is 6.30. The van der Waals surface area contributed by atoms with Gasteiger partial charge in [-0.2, -0.15) is 0 Å². The van der Waals surface area contributed by atoms with Crippen LogP contribution in [0.15, 0.2) is 36.4 Å². The Bertz CT molecular complexity index is 983. The van der Waals surface area contributed by atoms with Crippen molar-refractivity contribution in [2.45, 2.75) is 63.9 Å². The second kappa shape index (κ2) is 7.39. The zero-order chi connectivity index (χ0) is 21.0. The molecule has 0 aromatic heterocycles. The minimum Gasteiger partial charge on any atom is -0.508 e. The highest BCUT2D eigenvalue weighted by Crippen LogP contribution is 2.61. The summed E-state index contributed by atoms with van der Waals surface area (Å²) in [6.45, 7) is 2.29. The van der Waals surface area contributed by atoms with Crippen molar-refractivity contribution in [3.63, 3.8) is 0 Å². The lowest BCUT2D eigenvalue weighted by Gasteiger charge is -2.50. The molecule has 2 aromatic carbocycles. The average molecular weight is 425 g/mol. The number of rotatable bonds is 3. The molecule has 0 spiro atoms. The van der Waals surface area contributed by atoms with Crippen molar-refractivity contribution < 1.29 is 15.0 Å². The number of phenolic OH excluding ortho intramolecular Hbond substituents is 1. The van der Waals surface area contributed by atoms with Crippen LogP contribution in [0.25, 0.3) is 0 Å². The van der Waals surface area contributed by atoms with Gasteiger partial charge in [0.2, 0.25) is 0 Å². The second-order valence-electron chi connectivity index (χ2n) is 9.84. The van der Waals surface area contributed by atoms with Gasteiger partial charge in [0, 0.05) is 22.6 Å². The van der Waals surface area contributed by atoms with E-state index in [1.807, 2.05) is 6.07 Å². The molecule has 0 unspecified atom stereocenters. The zero-order valence-corrected chi connectivity index (χ0v) is 18.2. The number of aryl methyl sites for hydroxylation is 1. The maximum absolute atomic E-state index is 12.8. The van der Waals surface area contributed by atoms with Gasteiger partial charge in [-0.25, -0.2) is 0 Å². The van der Waals surface area contributed by atoms with Gasteiger partial charge in [0.15, 0.2) is 5.78 Å². The molecule has 2 N–H and O–H groups in total. The number of ketones is 1. The third kappa shape index (κ3) is 3.18. The lowest BCUT2D eigenvalue weighted by atomic mass is 9.55. The molecule has 0 bridgehead atoms. The van der Waals surface area contributed by atoms with Crippen LogP contribution in [0.4, 0.5) is 0 Å². The molecule has 0 aliphatic heterocycles. The molecule has 30 heavy (non-hydrogen) atoms. The molecule has 2 fully saturated rings. The third-order valence-corrected chi connectivity index (χ3v) is 8.64. The van der Waals surface area contributed by atoms with Gasteiger partial charge in [-0.3, -0.25) is 4.79 Å². The summed E-state index contributed by atoms with van der Waals surface area (Å²) >= 11 is 5.94. The van der Waals surface area contributed by atoms with Crippen LogP contribution in [0.1, 0.15) is 72.0 Å². The van der Waals surface area contributed by atoms with E-state index >= 15 is 0 Å². The smallest absolute Gasteiger partial charge is 0.167 e. The van der Waals surface area contributed by atoms with Crippen LogP contribution in [-0.2, 0) is 12.8 Å². The van der Waals surface area contributed by atoms with Crippen LogP contribution in [-0.4, -0.2) is 22.1 Å². The Kier molecular flexibility index (Phi) is 4.95. The third-order valence-electron chi connectivity index (χ3n) is 8.39. The maximum atomic E-state index is 12.8. The normalized spacial score (nSPS) is 32.2. The monoisotopic (exact) mass is 424 g/mol. The van der Waals surface area contributed by atoms with Crippen molar-refractivity contribution in [1.29, 1.82) is 0 Å². The van der Waals surface area contributed by atoms with E-state index in [9.17, 15) is 15.0 Å². The number of carbonyl (C=O) groups is 1. The molecule has 5 rings (SSSR count). The lowest BCUT2D eigenvalue weighted by molar-refractivity contribution is -0.0226. The highest BCUT2D eigenvalue weighted by molar-refractivity contribution is 6.30. The predicted octanol–water partition coefficient (Wildman–Crippen LogP) is 5.69. The maximum Gasteiger partial charge on any atom is 0.167 e. The van der Waals surface area contributed by atoms with E-state index in [1.165, 1.54) is 11.1 Å². The first-order valence-corrected chi connectivity index (χ1v) is 11.6. The predicted molar refractivity (Wildman–Crippen MR) is 118 cm³/mol. The summed E-state index contributed by atoms with van der Waals surface area (Å²) in [6, 6.07) is 10.9. The Morgan fingerprint density at radius 3 is 2.67 bits per heavy atom. The molecule has 4 heteroatoms. The molecule has 5 atom stereocenters. The van der Waals surface area contributed by atoms with E-state index in [4.69, 9.17) is 11.6 Å². The topological polar surface area (TPSA) is 57.5 Å². The Morgan fingerprint density at radius 1 is 1.13 bits per heavy atom. The van der Waals surface area contributed by atoms with E-state index in [2.05, 4.69) is 13.0 Å². The Balaban J connectivity index is 1.43. The van der Waals surface area contributed by atoms with E-state index < -0.39 is 0 Å². The fourth-order valence-electron chi connectivity index (χ4n) is 6.68. The molecule has 0 amide bonds. The highest BCUT2D eigenvalue weighted by Gasteiger charge is 2.54. The summed E-state index contributed by atoms with van der Waals surface area (Å²) < 4.78 is 0. The van der Waals surface area contributed by atoms with Gasteiger partial charge in [0.1, 0.15) is 5.75 Å². The summed E-state index contributed by atoms with van der Waals surface area (Å²) in [5, 5.41) is 21.8. The number of halogens is 1. The van der Waals surface area contributed by atoms with Gasteiger partial charge in [-0.15, -0.1) is 0 Å². The van der Waals surface area contributed by atoms with Crippen molar-refractivity contribution in [2.24, 2.45) is 17.3 Å². The largest absolute Gasteiger partial charge is 0.508 e. The van der Waals surface area contributed by atoms with E-state index in [0.29, 0.717) is 33.9 Å².